The highest BCUT2D eigenvalue weighted by atomic mass is 32.2. The van der Waals surface area contributed by atoms with Crippen molar-refractivity contribution in [3.63, 3.8) is 0 Å². The van der Waals surface area contributed by atoms with E-state index in [1.165, 1.54) is 11.8 Å². The van der Waals surface area contributed by atoms with Crippen LogP contribution in [0.4, 0.5) is 5.95 Å². The summed E-state index contributed by atoms with van der Waals surface area (Å²) in [5.74, 6) is -0.296. The zero-order valence-electron chi connectivity index (χ0n) is 24.2. The van der Waals surface area contributed by atoms with E-state index in [-0.39, 0.29) is 17.4 Å². The molecule has 2 aromatic carbocycles. The Bertz CT molecular complexity index is 1790. The number of anilines is 1. The molecule has 1 amide bonds. The first kappa shape index (κ1) is 30.6. The Hall–Kier alpha value is -4.43. The van der Waals surface area contributed by atoms with Crippen LogP contribution >= 0.6 is 24.0 Å². The predicted molar refractivity (Wildman–Crippen MR) is 177 cm³/mol. The van der Waals surface area contributed by atoms with E-state index in [1.54, 1.807) is 41.6 Å². The third kappa shape index (κ3) is 7.28. The molecule has 2 aromatic heterocycles. The van der Waals surface area contributed by atoms with Gasteiger partial charge in [-0.1, -0.05) is 42.2 Å². The molecule has 0 spiro atoms. The lowest BCUT2D eigenvalue weighted by atomic mass is 10.0. The lowest BCUT2D eigenvalue weighted by molar-refractivity contribution is -0.122. The highest BCUT2D eigenvalue weighted by Crippen LogP contribution is 2.36. The highest BCUT2D eigenvalue weighted by Gasteiger charge is 2.31. The van der Waals surface area contributed by atoms with Crippen LogP contribution in [0.15, 0.2) is 65.8 Å². The lowest BCUT2D eigenvalue weighted by Crippen LogP contribution is -2.38. The van der Waals surface area contributed by atoms with Crippen molar-refractivity contribution in [2.75, 3.05) is 51.7 Å². The molecule has 2 fully saturated rings. The van der Waals surface area contributed by atoms with Crippen LogP contribution in [0.5, 0.6) is 5.75 Å². The number of nitrogens with zero attached hydrogens (tertiary/aromatic N) is 5. The van der Waals surface area contributed by atoms with E-state index < -0.39 is 5.97 Å². The highest BCUT2D eigenvalue weighted by molar-refractivity contribution is 8.26. The Kier molecular flexibility index (Phi) is 9.31. The minimum atomic E-state index is -0.977. The number of ether oxygens (including phenoxy) is 2. The molecule has 2 aliphatic heterocycles. The number of carbonyl (C=O) groups excluding carboxylic acids is 1. The fourth-order valence-electron chi connectivity index (χ4n) is 5.08. The van der Waals surface area contributed by atoms with Crippen molar-refractivity contribution in [1.82, 2.24) is 24.8 Å². The van der Waals surface area contributed by atoms with E-state index in [0.717, 1.165) is 55.1 Å². The maximum Gasteiger partial charge on any atom is 0.335 e. The van der Waals surface area contributed by atoms with Gasteiger partial charge in [0, 0.05) is 43.5 Å². The minimum Gasteiger partial charge on any atom is -0.492 e. The molecule has 4 heterocycles. The van der Waals surface area contributed by atoms with Crippen molar-refractivity contribution in [2.24, 2.45) is 0 Å². The van der Waals surface area contributed by atoms with Crippen molar-refractivity contribution in [1.29, 1.82) is 0 Å². The molecule has 0 radical (unpaired) electrons. The number of pyridine rings is 1. The van der Waals surface area contributed by atoms with Gasteiger partial charge in [0.15, 0.2) is 0 Å². The Morgan fingerprint density at radius 3 is 2.64 bits per heavy atom. The maximum atomic E-state index is 13.4. The second kappa shape index (κ2) is 13.7. The molecule has 0 saturated carbocycles. The molecule has 4 aromatic rings. The quantitative estimate of drug-likeness (QED) is 0.190. The number of aromatic nitrogens is 3. The van der Waals surface area contributed by atoms with Gasteiger partial charge >= 0.3 is 5.97 Å². The summed E-state index contributed by atoms with van der Waals surface area (Å²) < 4.78 is 12.2. The maximum absolute atomic E-state index is 13.4. The van der Waals surface area contributed by atoms with Gasteiger partial charge in [0.25, 0.3) is 5.91 Å². The number of hydrogen-bond donors (Lipinski definition) is 2. The summed E-state index contributed by atoms with van der Waals surface area (Å²) in [4.78, 5) is 41.8. The van der Waals surface area contributed by atoms with Crippen LogP contribution in [0, 0.1) is 0 Å². The summed E-state index contributed by atoms with van der Waals surface area (Å²) >= 11 is 6.81. The Balaban J connectivity index is 1.23. The zero-order chi connectivity index (χ0) is 31.3. The number of hydrogen-bond acceptors (Lipinski definition) is 11. The first-order valence-electron chi connectivity index (χ1n) is 14.4. The second-order valence-corrected chi connectivity index (χ2v) is 12.2. The summed E-state index contributed by atoms with van der Waals surface area (Å²) in [6.07, 6.45) is 5.71. The van der Waals surface area contributed by atoms with Gasteiger partial charge in [-0.05, 0) is 54.0 Å². The van der Waals surface area contributed by atoms with Gasteiger partial charge in [-0.25, -0.2) is 14.8 Å². The number of benzene rings is 2. The molecule has 230 valence electrons. The predicted octanol–water partition coefficient (Wildman–Crippen LogP) is 4.13. The van der Waals surface area contributed by atoms with Crippen LogP contribution in [0.25, 0.3) is 28.2 Å². The smallest absolute Gasteiger partial charge is 0.335 e. The third-order valence-electron chi connectivity index (χ3n) is 7.53. The number of morpholine rings is 1. The van der Waals surface area contributed by atoms with Gasteiger partial charge in [-0.3, -0.25) is 19.6 Å². The van der Waals surface area contributed by atoms with E-state index in [0.29, 0.717) is 45.6 Å². The van der Waals surface area contributed by atoms with Gasteiger partial charge in [-0.15, -0.1) is 0 Å². The minimum absolute atomic E-state index is 0.163. The van der Waals surface area contributed by atoms with Crippen LogP contribution in [-0.2, 0) is 16.0 Å². The summed E-state index contributed by atoms with van der Waals surface area (Å²) in [7, 11) is 0. The van der Waals surface area contributed by atoms with Crippen LogP contribution in [0.3, 0.4) is 0 Å². The van der Waals surface area contributed by atoms with Gasteiger partial charge in [-0.2, -0.15) is 0 Å². The molecule has 0 atom stereocenters. The van der Waals surface area contributed by atoms with Crippen LogP contribution in [0.2, 0.25) is 0 Å². The largest absolute Gasteiger partial charge is 0.492 e. The number of fused-ring (bicyclic) bond motifs is 1. The zero-order valence-corrected chi connectivity index (χ0v) is 25.9. The van der Waals surface area contributed by atoms with Crippen molar-refractivity contribution in [2.45, 2.75) is 6.42 Å². The number of nitrogens with two attached hydrogens (primary N) is 1. The van der Waals surface area contributed by atoms with Crippen LogP contribution < -0.4 is 10.5 Å². The molecule has 6 rings (SSSR count). The molecule has 0 unspecified atom stereocenters. The normalized spacial score (nSPS) is 16.5. The van der Waals surface area contributed by atoms with Gasteiger partial charge in [0.2, 0.25) is 5.95 Å². The number of rotatable bonds is 10. The van der Waals surface area contributed by atoms with E-state index in [9.17, 15) is 9.59 Å². The average molecular weight is 643 g/mol. The van der Waals surface area contributed by atoms with Crippen molar-refractivity contribution >= 4 is 63.2 Å². The molecule has 2 aliphatic rings. The molecule has 0 bridgehead atoms. The Morgan fingerprint density at radius 1 is 1.07 bits per heavy atom. The van der Waals surface area contributed by atoms with E-state index >= 15 is 0 Å². The van der Waals surface area contributed by atoms with Gasteiger partial charge in [0.1, 0.15) is 22.2 Å². The number of thiocarbonyl (C=S) groups is 1. The van der Waals surface area contributed by atoms with Crippen LogP contribution in [0.1, 0.15) is 21.5 Å². The van der Waals surface area contributed by atoms with E-state index in [4.69, 9.17) is 32.5 Å². The van der Waals surface area contributed by atoms with Crippen molar-refractivity contribution < 1.29 is 24.2 Å². The fourth-order valence-corrected chi connectivity index (χ4v) is 6.39. The molecular formula is C32H30N6O5S2. The number of thioether (sulfide) groups is 1. The number of nitrogen functional groups attached to an aromatic ring is 1. The van der Waals surface area contributed by atoms with E-state index in [2.05, 4.69) is 19.9 Å². The first-order valence-corrected chi connectivity index (χ1v) is 15.6. The first-order chi connectivity index (χ1) is 21.8. The molecule has 45 heavy (non-hydrogen) atoms. The van der Waals surface area contributed by atoms with Crippen molar-refractivity contribution in [3.8, 4) is 16.9 Å². The molecule has 11 nitrogen and oxygen atoms in total. The van der Waals surface area contributed by atoms with Gasteiger partial charge < -0.3 is 20.3 Å². The number of aromatic carboxylic acids is 1. The number of carbonyl (C=O) groups is 2. The number of carboxylic acids is 1. The van der Waals surface area contributed by atoms with E-state index in [1.807, 2.05) is 30.3 Å². The number of amides is 1. The third-order valence-corrected chi connectivity index (χ3v) is 8.91. The summed E-state index contributed by atoms with van der Waals surface area (Å²) in [5.41, 5.74) is 10.6. The summed E-state index contributed by atoms with van der Waals surface area (Å²) in [6, 6.07) is 14.3. The standard InChI is InChI=1S/C32H30N6O5S2/c33-31-35-19-26-25(36-31)17-23(18-34-26)24-15-21(3-6-27(24)43-14-11-37-9-12-42-13-10-37)16-28-29(39)38(32(44)45-28)8-7-20-1-4-22(5-2-20)30(40)41/h1-6,15-19H,7-14H2,(H,40,41)(H2,33,35,36). The molecule has 3 N–H and O–H groups in total. The fraction of sp³-hybridized carbons (Fsp3) is 0.250. The second-order valence-electron chi connectivity index (χ2n) is 10.5. The monoisotopic (exact) mass is 642 g/mol. The molecule has 2 saturated heterocycles. The Labute approximate surface area is 269 Å². The summed E-state index contributed by atoms with van der Waals surface area (Å²) in [5, 5.41) is 9.13. The van der Waals surface area contributed by atoms with Gasteiger partial charge in [0.05, 0.1) is 35.4 Å². The molecule has 13 heteroatoms. The molecule has 0 aliphatic carbocycles. The average Bonchev–Trinajstić information content (AvgIpc) is 3.31. The topological polar surface area (TPSA) is 144 Å². The molecular weight excluding hydrogens is 613 g/mol. The van der Waals surface area contributed by atoms with Crippen LogP contribution in [-0.4, -0.2) is 92.1 Å². The Morgan fingerprint density at radius 2 is 1.87 bits per heavy atom. The lowest BCUT2D eigenvalue weighted by Gasteiger charge is -2.26. The summed E-state index contributed by atoms with van der Waals surface area (Å²) in [6.45, 7) is 4.86. The van der Waals surface area contributed by atoms with Crippen molar-refractivity contribution in [3.05, 3.63) is 82.5 Å². The number of carboxylic acid groups (broad SMARTS) is 1. The SMILES string of the molecule is Nc1ncc2ncc(-c3cc(C=C4SC(=S)N(CCc5ccc(C(=O)O)cc5)C4=O)ccc3OCCN3CCOCC3)cc2n1.